The van der Waals surface area contributed by atoms with Gasteiger partial charge in [0.2, 0.25) is 0 Å². The Bertz CT molecular complexity index is 1070. The first-order chi connectivity index (χ1) is 14.9. The third-order valence-electron chi connectivity index (χ3n) is 5.37. The molecular formula is C22H23N5S3. The number of thiophene rings is 1. The van der Waals surface area contributed by atoms with E-state index in [9.17, 15) is 0 Å². The number of thiazole rings is 1. The predicted octanol–water partition coefficient (Wildman–Crippen LogP) is 6.25. The Morgan fingerprint density at radius 2 is 1.97 bits per heavy atom. The van der Waals surface area contributed by atoms with Crippen molar-refractivity contribution in [3.05, 3.63) is 63.7 Å². The van der Waals surface area contributed by atoms with E-state index in [-0.39, 0.29) is 0 Å². The summed E-state index contributed by atoms with van der Waals surface area (Å²) in [6.45, 7) is 0. The van der Waals surface area contributed by atoms with Gasteiger partial charge in [0, 0.05) is 34.7 Å². The molecule has 4 aromatic rings. The fourth-order valence-electron chi connectivity index (χ4n) is 3.92. The molecule has 0 bridgehead atoms. The number of nitrogens with zero attached hydrogens (tertiary/aromatic N) is 5. The molecule has 0 unspecified atom stereocenters. The first kappa shape index (κ1) is 19.9. The highest BCUT2D eigenvalue weighted by atomic mass is 32.2. The largest absolute Gasteiger partial charge is 0.303 e. The summed E-state index contributed by atoms with van der Waals surface area (Å²) in [4.78, 5) is 10.5. The number of hydrogen-bond donors (Lipinski definition) is 0. The highest BCUT2D eigenvalue weighted by molar-refractivity contribution is 7.98. The Morgan fingerprint density at radius 3 is 2.77 bits per heavy atom. The van der Waals surface area contributed by atoms with Crippen LogP contribution in [0.15, 0.2) is 52.4 Å². The van der Waals surface area contributed by atoms with Crippen molar-refractivity contribution < 1.29 is 0 Å². The van der Waals surface area contributed by atoms with Gasteiger partial charge in [-0.1, -0.05) is 43.2 Å². The van der Waals surface area contributed by atoms with Gasteiger partial charge >= 0.3 is 0 Å². The van der Waals surface area contributed by atoms with E-state index in [0.29, 0.717) is 6.04 Å². The van der Waals surface area contributed by atoms with E-state index in [2.05, 4.69) is 42.6 Å². The molecule has 0 aromatic carbocycles. The summed E-state index contributed by atoms with van der Waals surface area (Å²) >= 11 is 5.19. The molecule has 5 rings (SSSR count). The zero-order chi connectivity index (χ0) is 20.2. The molecule has 154 valence electrons. The molecule has 1 aliphatic rings. The normalized spacial score (nSPS) is 14.9. The Balaban J connectivity index is 1.35. The first-order valence-corrected chi connectivity index (χ1v) is 13.1. The van der Waals surface area contributed by atoms with Gasteiger partial charge in [0.1, 0.15) is 10.8 Å². The van der Waals surface area contributed by atoms with Gasteiger partial charge in [-0.25, -0.2) is 4.98 Å². The second-order valence-corrected chi connectivity index (χ2v) is 10.3. The Hall–Kier alpha value is -2.03. The lowest BCUT2D eigenvalue weighted by atomic mass is 9.95. The van der Waals surface area contributed by atoms with Crippen LogP contribution in [0.1, 0.15) is 54.5 Å². The van der Waals surface area contributed by atoms with Crippen LogP contribution in [0.5, 0.6) is 0 Å². The number of pyridine rings is 1. The SMILES string of the molecule is c1ccc(-c2nc(CSc3nnc(Cc4cccs4)n3C3CCCCC3)cs2)nc1. The van der Waals surface area contributed by atoms with E-state index in [1.54, 1.807) is 34.4 Å². The fraction of sp³-hybridized carbons (Fsp3) is 0.364. The van der Waals surface area contributed by atoms with E-state index < -0.39 is 0 Å². The molecule has 0 aliphatic heterocycles. The van der Waals surface area contributed by atoms with Crippen LogP contribution in [0.25, 0.3) is 10.7 Å². The van der Waals surface area contributed by atoms with E-state index >= 15 is 0 Å². The van der Waals surface area contributed by atoms with Crippen LogP contribution in [0.3, 0.4) is 0 Å². The van der Waals surface area contributed by atoms with Gasteiger partial charge in [0.25, 0.3) is 0 Å². The summed E-state index contributed by atoms with van der Waals surface area (Å²) in [5.41, 5.74) is 2.01. The van der Waals surface area contributed by atoms with Crippen LogP contribution in [0.4, 0.5) is 0 Å². The Morgan fingerprint density at radius 1 is 1.03 bits per heavy atom. The van der Waals surface area contributed by atoms with Crippen molar-refractivity contribution in [3.8, 4) is 10.7 Å². The highest BCUT2D eigenvalue weighted by Gasteiger charge is 2.23. The molecule has 1 saturated carbocycles. The van der Waals surface area contributed by atoms with E-state index in [4.69, 9.17) is 4.98 Å². The van der Waals surface area contributed by atoms with E-state index in [1.807, 2.05) is 24.4 Å². The summed E-state index contributed by atoms with van der Waals surface area (Å²) in [5.74, 6) is 1.90. The molecule has 1 fully saturated rings. The van der Waals surface area contributed by atoms with Crippen LogP contribution in [-0.4, -0.2) is 24.7 Å². The minimum absolute atomic E-state index is 0.519. The molecule has 0 amide bonds. The van der Waals surface area contributed by atoms with E-state index in [1.165, 1.54) is 37.0 Å². The fourth-order valence-corrected chi connectivity index (χ4v) is 6.44. The van der Waals surface area contributed by atoms with Gasteiger partial charge < -0.3 is 4.57 Å². The Labute approximate surface area is 188 Å². The molecule has 0 saturated heterocycles. The van der Waals surface area contributed by atoms with Gasteiger partial charge in [-0.3, -0.25) is 4.98 Å². The zero-order valence-corrected chi connectivity index (χ0v) is 19.1. The summed E-state index contributed by atoms with van der Waals surface area (Å²) in [6.07, 6.45) is 9.06. The van der Waals surface area contributed by atoms with Crippen molar-refractivity contribution in [3.63, 3.8) is 0 Å². The molecule has 30 heavy (non-hydrogen) atoms. The van der Waals surface area contributed by atoms with Crippen molar-refractivity contribution in [1.82, 2.24) is 24.7 Å². The van der Waals surface area contributed by atoms with Gasteiger partial charge in [0.15, 0.2) is 5.16 Å². The topological polar surface area (TPSA) is 56.5 Å². The summed E-state index contributed by atoms with van der Waals surface area (Å²) in [7, 11) is 0. The second kappa shape index (κ2) is 9.41. The minimum Gasteiger partial charge on any atom is -0.303 e. The summed E-state index contributed by atoms with van der Waals surface area (Å²) in [5, 5.41) is 15.5. The molecule has 0 N–H and O–H groups in total. The third kappa shape index (κ3) is 4.50. The number of rotatable bonds is 7. The second-order valence-electron chi connectivity index (χ2n) is 7.46. The van der Waals surface area contributed by atoms with Crippen LogP contribution in [0.2, 0.25) is 0 Å². The average molecular weight is 454 g/mol. The number of aromatic nitrogens is 5. The molecule has 4 aromatic heterocycles. The summed E-state index contributed by atoms with van der Waals surface area (Å²) in [6, 6.07) is 10.8. The van der Waals surface area contributed by atoms with Crippen molar-refractivity contribution in [1.29, 1.82) is 0 Å². The molecule has 4 heterocycles. The lowest BCUT2D eigenvalue weighted by Gasteiger charge is -2.25. The van der Waals surface area contributed by atoms with Crippen molar-refractivity contribution in [2.24, 2.45) is 0 Å². The molecule has 0 radical (unpaired) electrons. The van der Waals surface area contributed by atoms with Gasteiger partial charge in [-0.15, -0.1) is 32.9 Å². The third-order valence-corrected chi connectivity index (χ3v) is 8.14. The standard InChI is InChI=1S/C22H23N5S3/c1-2-7-17(8-3-1)27-20(13-18-9-6-12-28-18)25-26-22(27)30-15-16-14-29-21(24-16)19-10-4-5-11-23-19/h4-6,9-12,14,17H,1-3,7-8,13,15H2. The van der Waals surface area contributed by atoms with Crippen molar-refractivity contribution in [2.45, 2.75) is 55.5 Å². The van der Waals surface area contributed by atoms with Gasteiger partial charge in [-0.2, -0.15) is 0 Å². The molecular weight excluding hydrogens is 430 g/mol. The van der Waals surface area contributed by atoms with Crippen LogP contribution in [0, 0.1) is 0 Å². The maximum Gasteiger partial charge on any atom is 0.191 e. The molecule has 0 atom stereocenters. The molecule has 0 spiro atoms. The van der Waals surface area contributed by atoms with Gasteiger partial charge in [-0.05, 0) is 36.4 Å². The lowest BCUT2D eigenvalue weighted by Crippen LogP contribution is -2.16. The van der Waals surface area contributed by atoms with Crippen LogP contribution < -0.4 is 0 Å². The van der Waals surface area contributed by atoms with Crippen molar-refractivity contribution >= 4 is 34.4 Å². The number of thioether (sulfide) groups is 1. The first-order valence-electron chi connectivity index (χ1n) is 10.3. The molecule has 1 aliphatic carbocycles. The quantitative estimate of drug-likeness (QED) is 0.310. The zero-order valence-electron chi connectivity index (χ0n) is 16.6. The van der Waals surface area contributed by atoms with Crippen LogP contribution >= 0.6 is 34.4 Å². The smallest absolute Gasteiger partial charge is 0.191 e. The maximum atomic E-state index is 4.78. The summed E-state index contributed by atoms with van der Waals surface area (Å²) < 4.78 is 2.43. The average Bonchev–Trinajstić information content (AvgIpc) is 3.55. The highest BCUT2D eigenvalue weighted by Crippen LogP contribution is 2.34. The Kier molecular flexibility index (Phi) is 6.24. The van der Waals surface area contributed by atoms with E-state index in [0.717, 1.165) is 39.5 Å². The van der Waals surface area contributed by atoms with Crippen molar-refractivity contribution in [2.75, 3.05) is 0 Å². The molecule has 5 nitrogen and oxygen atoms in total. The van der Waals surface area contributed by atoms with Crippen LogP contribution in [-0.2, 0) is 12.2 Å². The maximum absolute atomic E-state index is 4.78. The predicted molar refractivity (Wildman–Crippen MR) is 124 cm³/mol. The van der Waals surface area contributed by atoms with Gasteiger partial charge in [0.05, 0.1) is 11.4 Å². The molecule has 8 heteroatoms. The minimum atomic E-state index is 0.519. The monoisotopic (exact) mass is 453 g/mol. The lowest BCUT2D eigenvalue weighted by molar-refractivity contribution is 0.330. The number of hydrogen-bond acceptors (Lipinski definition) is 7.